The van der Waals surface area contributed by atoms with Gasteiger partial charge in [0.1, 0.15) is 0 Å². The van der Waals surface area contributed by atoms with E-state index in [1.807, 2.05) is 31.3 Å². The van der Waals surface area contributed by atoms with E-state index in [2.05, 4.69) is 63.8 Å². The maximum absolute atomic E-state index is 11.8. The lowest BCUT2D eigenvalue weighted by molar-refractivity contribution is 0.481. The van der Waals surface area contributed by atoms with Crippen molar-refractivity contribution < 1.29 is 25.9 Å². The van der Waals surface area contributed by atoms with Crippen molar-refractivity contribution in [2.45, 2.75) is 74.5 Å². The van der Waals surface area contributed by atoms with Crippen LogP contribution in [0.1, 0.15) is 70.6 Å². The molecule has 51 heavy (non-hydrogen) atoms. The topological polar surface area (TPSA) is 112 Å². The Morgan fingerprint density at radius 1 is 0.745 bits per heavy atom. The third kappa shape index (κ3) is 5.79. The molecule has 1 aliphatic heterocycles. The van der Waals surface area contributed by atoms with E-state index < -0.39 is 20.2 Å². The molecule has 1 heterocycles. The third-order valence-corrected chi connectivity index (χ3v) is 13.2. The first-order valence-electron chi connectivity index (χ1n) is 16.8. The van der Waals surface area contributed by atoms with Gasteiger partial charge in [0.05, 0.1) is 9.79 Å². The van der Waals surface area contributed by atoms with E-state index in [0.717, 1.165) is 90.6 Å². The number of nitrogens with zero attached hydrogens (tertiary/aromatic N) is 1. The van der Waals surface area contributed by atoms with Crippen molar-refractivity contribution in [2.75, 3.05) is 11.9 Å². The van der Waals surface area contributed by atoms with Crippen LogP contribution < -0.4 is 4.90 Å². The SMILES string of the molecule is CC1=C(/C=C/C2=C(Cl)C(=C/C=C3/N(C)c4ccc5cc(S(=O)(=O)O)ccc5c4C3(C)C)/CCC2)C(C)(C)c2c1ccc1cc(S(=O)(=O)O)ccc21. The summed E-state index contributed by atoms with van der Waals surface area (Å²) in [5.41, 5.74) is 9.21. The highest BCUT2D eigenvalue weighted by molar-refractivity contribution is 7.86. The van der Waals surface area contributed by atoms with Crippen molar-refractivity contribution in [2.24, 2.45) is 0 Å². The van der Waals surface area contributed by atoms with E-state index in [9.17, 15) is 25.9 Å². The van der Waals surface area contributed by atoms with Crippen LogP contribution in [-0.2, 0) is 31.1 Å². The van der Waals surface area contributed by atoms with Crippen LogP contribution in [0.15, 0.2) is 122 Å². The lowest BCUT2D eigenvalue weighted by Crippen LogP contribution is -2.22. The highest BCUT2D eigenvalue weighted by Crippen LogP contribution is 2.52. The van der Waals surface area contributed by atoms with Crippen molar-refractivity contribution >= 4 is 64.6 Å². The van der Waals surface area contributed by atoms with Gasteiger partial charge in [-0.15, -0.1) is 0 Å². The Hall–Kier alpha value is -3.99. The molecular weight excluding hydrogens is 702 g/mol. The van der Waals surface area contributed by atoms with Crippen molar-refractivity contribution in [1.82, 2.24) is 0 Å². The minimum Gasteiger partial charge on any atom is -0.347 e. The average Bonchev–Trinajstić information content (AvgIpc) is 3.38. The predicted octanol–water partition coefficient (Wildman–Crippen LogP) is 10.0. The van der Waals surface area contributed by atoms with Crippen molar-refractivity contribution in [3.05, 3.63) is 129 Å². The molecule has 0 amide bonds. The van der Waals surface area contributed by atoms with Gasteiger partial charge in [-0.05, 0) is 123 Å². The molecule has 0 radical (unpaired) electrons. The molecule has 4 aromatic rings. The first-order valence-corrected chi connectivity index (χ1v) is 20.1. The minimum absolute atomic E-state index is 0.119. The summed E-state index contributed by atoms with van der Waals surface area (Å²) in [6, 6.07) is 17.3. The molecule has 0 spiro atoms. The number of anilines is 1. The summed E-state index contributed by atoms with van der Waals surface area (Å²) in [6.07, 6.45) is 11.3. The van der Waals surface area contributed by atoms with E-state index in [1.165, 1.54) is 29.8 Å². The van der Waals surface area contributed by atoms with E-state index in [-0.39, 0.29) is 20.6 Å². The van der Waals surface area contributed by atoms with Crippen molar-refractivity contribution in [3.8, 4) is 0 Å². The molecule has 0 unspecified atom stereocenters. The molecule has 7 nitrogen and oxygen atoms in total. The first-order chi connectivity index (χ1) is 23.8. The fourth-order valence-corrected chi connectivity index (χ4v) is 9.84. The monoisotopic (exact) mass is 741 g/mol. The van der Waals surface area contributed by atoms with Gasteiger partial charge >= 0.3 is 0 Å². The second kappa shape index (κ2) is 12.0. The van der Waals surface area contributed by atoms with Gasteiger partial charge in [0.15, 0.2) is 0 Å². The molecule has 0 saturated carbocycles. The van der Waals surface area contributed by atoms with Gasteiger partial charge < -0.3 is 4.90 Å². The molecule has 10 heteroatoms. The van der Waals surface area contributed by atoms with Gasteiger partial charge in [-0.25, -0.2) is 0 Å². The Morgan fingerprint density at radius 3 is 1.94 bits per heavy atom. The number of hydrogen-bond acceptors (Lipinski definition) is 5. The number of fused-ring (bicyclic) bond motifs is 6. The van der Waals surface area contributed by atoms with Gasteiger partial charge in [-0.1, -0.05) is 87.9 Å². The number of benzene rings is 4. The van der Waals surface area contributed by atoms with Crippen LogP contribution in [0.4, 0.5) is 5.69 Å². The van der Waals surface area contributed by atoms with E-state index in [1.54, 1.807) is 12.1 Å². The predicted molar refractivity (Wildman–Crippen MR) is 207 cm³/mol. The Labute approximate surface area is 304 Å². The molecule has 2 aliphatic carbocycles. The number of rotatable bonds is 5. The standard InChI is InChI=1S/C41H40ClNO6S2/c1-24-31-16-10-27-22-29(50(44,45)46)14-17-32(27)37(31)40(2,3)34(24)19-11-25-8-7-9-26(39(25)42)13-21-36-41(4,5)38-33-18-15-30(51(47,48)49)23-28(33)12-20-35(38)43(36)6/h10-23H,7-9H2,1-6H3,(H,44,45,46)(H,47,48,49)/b19-11+,26-13+,36-21+. The fraction of sp³-hybridized carbons (Fsp3) is 0.268. The largest absolute Gasteiger partial charge is 0.347 e. The van der Waals surface area contributed by atoms with Gasteiger partial charge in [0, 0.05) is 34.3 Å². The Kier molecular flexibility index (Phi) is 8.36. The van der Waals surface area contributed by atoms with Crippen LogP contribution in [0.2, 0.25) is 0 Å². The number of halogens is 1. The Bertz CT molecular complexity index is 2590. The molecule has 2 N–H and O–H groups in total. The van der Waals surface area contributed by atoms with E-state index >= 15 is 0 Å². The Morgan fingerprint density at radius 2 is 1.33 bits per heavy atom. The summed E-state index contributed by atoms with van der Waals surface area (Å²) in [5.74, 6) is 0. The highest BCUT2D eigenvalue weighted by Gasteiger charge is 2.40. The van der Waals surface area contributed by atoms with Crippen LogP contribution >= 0.6 is 11.6 Å². The maximum Gasteiger partial charge on any atom is 0.294 e. The second-order valence-corrected chi connectivity index (χ2v) is 18.0. The summed E-state index contributed by atoms with van der Waals surface area (Å²) in [7, 11) is -6.58. The van der Waals surface area contributed by atoms with E-state index in [0.29, 0.717) is 0 Å². The quantitative estimate of drug-likeness (QED) is 0.196. The molecule has 4 aromatic carbocycles. The maximum atomic E-state index is 11.8. The summed E-state index contributed by atoms with van der Waals surface area (Å²) >= 11 is 7.13. The number of allylic oxidation sites excluding steroid dienone is 10. The van der Waals surface area contributed by atoms with Gasteiger partial charge in [-0.3, -0.25) is 9.11 Å². The van der Waals surface area contributed by atoms with Crippen LogP contribution in [0.3, 0.4) is 0 Å². The molecule has 264 valence electrons. The lowest BCUT2D eigenvalue weighted by Gasteiger charge is -2.25. The number of hydrogen-bond donors (Lipinski definition) is 2. The molecule has 7 rings (SSSR count). The molecule has 0 saturated heterocycles. The van der Waals surface area contributed by atoms with Crippen LogP contribution in [0, 0.1) is 0 Å². The van der Waals surface area contributed by atoms with Crippen LogP contribution in [-0.4, -0.2) is 33.0 Å². The molecule has 0 fully saturated rings. The van der Waals surface area contributed by atoms with E-state index in [4.69, 9.17) is 11.6 Å². The van der Waals surface area contributed by atoms with Crippen molar-refractivity contribution in [3.63, 3.8) is 0 Å². The first kappa shape index (κ1) is 35.4. The van der Waals surface area contributed by atoms with Gasteiger partial charge in [0.2, 0.25) is 0 Å². The summed E-state index contributed by atoms with van der Waals surface area (Å²) in [4.78, 5) is 1.93. The van der Waals surface area contributed by atoms with Crippen molar-refractivity contribution in [1.29, 1.82) is 0 Å². The molecule has 3 aliphatic rings. The average molecular weight is 742 g/mol. The zero-order valence-corrected chi connectivity index (χ0v) is 31.8. The lowest BCUT2D eigenvalue weighted by atomic mass is 9.78. The highest BCUT2D eigenvalue weighted by atomic mass is 35.5. The third-order valence-electron chi connectivity index (χ3n) is 11.0. The summed E-state index contributed by atoms with van der Waals surface area (Å²) in [5, 5.41) is 4.16. The zero-order valence-electron chi connectivity index (χ0n) is 29.4. The normalized spacial score (nSPS) is 20.5. The van der Waals surface area contributed by atoms with Crippen LogP contribution in [0.5, 0.6) is 0 Å². The minimum atomic E-state index is -4.31. The zero-order chi connectivity index (χ0) is 36.8. The summed E-state index contributed by atoms with van der Waals surface area (Å²) in [6.45, 7) is 10.8. The molecule has 0 atom stereocenters. The molecular formula is C41H40ClNO6S2. The van der Waals surface area contributed by atoms with Gasteiger partial charge in [0.25, 0.3) is 20.2 Å². The second-order valence-electron chi connectivity index (χ2n) is 14.8. The fourth-order valence-electron chi connectivity index (χ4n) is 8.50. The number of likely N-dealkylation sites (N-methyl/N-ethyl adjacent to an activating group) is 1. The molecule has 0 bridgehead atoms. The van der Waals surface area contributed by atoms with Gasteiger partial charge in [-0.2, -0.15) is 16.8 Å². The summed E-state index contributed by atoms with van der Waals surface area (Å²) < 4.78 is 66.4. The van der Waals surface area contributed by atoms with Crippen LogP contribution in [0.25, 0.3) is 27.1 Å². The Balaban J connectivity index is 1.21. The smallest absolute Gasteiger partial charge is 0.294 e. The molecule has 0 aromatic heterocycles.